The molecule has 0 aliphatic carbocycles. The van der Waals surface area contributed by atoms with Crippen LogP contribution in [0.1, 0.15) is 10.5 Å². The van der Waals surface area contributed by atoms with Gasteiger partial charge in [0.15, 0.2) is 0 Å². The summed E-state index contributed by atoms with van der Waals surface area (Å²) in [7, 11) is 0. The lowest BCUT2D eigenvalue weighted by Crippen LogP contribution is -2.12. The smallest absolute Gasteiger partial charge is 0.289 e. The van der Waals surface area contributed by atoms with E-state index in [-0.39, 0.29) is 16.4 Å². The van der Waals surface area contributed by atoms with E-state index in [0.717, 1.165) is 5.52 Å². The van der Waals surface area contributed by atoms with E-state index in [4.69, 9.17) is 11.6 Å². The molecule has 110 valence electrons. The average molecular weight is 317 g/mol. The van der Waals surface area contributed by atoms with E-state index in [2.05, 4.69) is 15.3 Å². The van der Waals surface area contributed by atoms with Crippen molar-refractivity contribution in [2.45, 2.75) is 0 Å². The summed E-state index contributed by atoms with van der Waals surface area (Å²) in [5.41, 5.74) is 1.72. The summed E-state index contributed by atoms with van der Waals surface area (Å²) in [5, 5.41) is 13.4. The topological polar surface area (TPSA) is 101 Å². The molecular formula is C14H9ClN4O3. The van der Waals surface area contributed by atoms with Gasteiger partial charge in [0.25, 0.3) is 11.6 Å². The van der Waals surface area contributed by atoms with Crippen molar-refractivity contribution < 1.29 is 9.72 Å². The highest BCUT2D eigenvalue weighted by Crippen LogP contribution is 2.27. The highest BCUT2D eigenvalue weighted by Gasteiger charge is 2.15. The molecule has 2 N–H and O–H groups in total. The van der Waals surface area contributed by atoms with Crippen molar-refractivity contribution in [2.24, 2.45) is 0 Å². The Bertz CT molecular complexity index is 858. The number of carbonyl (C=O) groups is 1. The van der Waals surface area contributed by atoms with Crippen LogP contribution < -0.4 is 5.32 Å². The zero-order valence-corrected chi connectivity index (χ0v) is 11.8. The van der Waals surface area contributed by atoms with Crippen LogP contribution in [-0.4, -0.2) is 20.8 Å². The first-order valence-corrected chi connectivity index (χ1v) is 6.61. The summed E-state index contributed by atoms with van der Waals surface area (Å²) in [5.74, 6) is -0.422. The Labute approximate surface area is 129 Å². The molecule has 0 saturated heterocycles. The average Bonchev–Trinajstić information content (AvgIpc) is 2.93. The van der Waals surface area contributed by atoms with Crippen LogP contribution in [0.3, 0.4) is 0 Å². The number of amides is 1. The van der Waals surface area contributed by atoms with Gasteiger partial charge in [-0.25, -0.2) is 0 Å². The zero-order chi connectivity index (χ0) is 15.7. The third-order valence-electron chi connectivity index (χ3n) is 3.03. The van der Waals surface area contributed by atoms with Gasteiger partial charge in [-0.3, -0.25) is 19.9 Å². The summed E-state index contributed by atoms with van der Waals surface area (Å²) < 4.78 is 0. The lowest BCUT2D eigenvalue weighted by atomic mass is 10.2. The molecule has 0 aliphatic heterocycles. The molecule has 2 heterocycles. The van der Waals surface area contributed by atoms with E-state index < -0.39 is 10.8 Å². The SMILES string of the molecule is O=C(Nc1ccc(Cl)c([N+](=O)[O-])c1)c1cc2ncccc2[nH]1. The summed E-state index contributed by atoms with van der Waals surface area (Å²) in [6.45, 7) is 0. The van der Waals surface area contributed by atoms with Crippen molar-refractivity contribution in [3.8, 4) is 0 Å². The van der Waals surface area contributed by atoms with Crippen LogP contribution in [0.25, 0.3) is 11.0 Å². The van der Waals surface area contributed by atoms with Gasteiger partial charge in [-0.2, -0.15) is 0 Å². The molecule has 3 aromatic rings. The summed E-state index contributed by atoms with van der Waals surface area (Å²) in [4.78, 5) is 29.5. The number of anilines is 1. The Kier molecular flexibility index (Phi) is 3.48. The molecule has 2 aromatic heterocycles. The van der Waals surface area contributed by atoms with Gasteiger partial charge in [-0.15, -0.1) is 0 Å². The number of hydrogen-bond acceptors (Lipinski definition) is 4. The number of nitrogens with one attached hydrogen (secondary N) is 2. The van der Waals surface area contributed by atoms with Crippen LogP contribution in [0.5, 0.6) is 0 Å². The first-order valence-electron chi connectivity index (χ1n) is 6.23. The number of fused-ring (bicyclic) bond motifs is 1. The molecule has 8 heteroatoms. The molecule has 0 radical (unpaired) electrons. The maximum atomic E-state index is 12.2. The predicted octanol–water partition coefficient (Wildman–Crippen LogP) is 3.38. The largest absolute Gasteiger partial charge is 0.349 e. The fraction of sp³-hybridized carbons (Fsp3) is 0. The quantitative estimate of drug-likeness (QED) is 0.571. The van der Waals surface area contributed by atoms with Crippen LogP contribution in [0.15, 0.2) is 42.6 Å². The number of nitro benzene ring substituents is 1. The minimum absolute atomic E-state index is 0.0119. The third-order valence-corrected chi connectivity index (χ3v) is 3.35. The summed E-state index contributed by atoms with van der Waals surface area (Å²) in [6.07, 6.45) is 1.63. The number of pyridine rings is 1. The van der Waals surface area contributed by atoms with Gasteiger partial charge in [0.1, 0.15) is 10.7 Å². The van der Waals surface area contributed by atoms with Crippen LogP contribution in [0.4, 0.5) is 11.4 Å². The molecule has 0 unspecified atom stereocenters. The number of aromatic nitrogens is 2. The second-order valence-electron chi connectivity index (χ2n) is 4.50. The molecular weight excluding hydrogens is 308 g/mol. The van der Waals surface area contributed by atoms with E-state index in [1.165, 1.54) is 18.2 Å². The molecule has 3 rings (SSSR count). The molecule has 0 atom stereocenters. The van der Waals surface area contributed by atoms with Gasteiger partial charge in [-0.05, 0) is 30.3 Å². The first kappa shape index (κ1) is 14.0. The minimum Gasteiger partial charge on any atom is -0.349 e. The lowest BCUT2D eigenvalue weighted by Gasteiger charge is -2.04. The lowest BCUT2D eigenvalue weighted by molar-refractivity contribution is -0.384. The monoisotopic (exact) mass is 316 g/mol. The fourth-order valence-corrected chi connectivity index (χ4v) is 2.19. The number of nitro groups is 1. The van der Waals surface area contributed by atoms with Crippen molar-refractivity contribution >= 4 is 39.9 Å². The number of carbonyl (C=O) groups excluding carboxylic acids is 1. The van der Waals surface area contributed by atoms with Gasteiger partial charge in [0.2, 0.25) is 0 Å². The molecule has 0 aliphatic rings. The van der Waals surface area contributed by atoms with Crippen molar-refractivity contribution in [1.82, 2.24) is 9.97 Å². The Morgan fingerprint density at radius 2 is 2.14 bits per heavy atom. The summed E-state index contributed by atoms with van der Waals surface area (Å²) in [6, 6.07) is 9.22. The van der Waals surface area contributed by atoms with Gasteiger partial charge >= 0.3 is 0 Å². The van der Waals surface area contributed by atoms with Crippen molar-refractivity contribution in [3.05, 3.63) is 63.4 Å². The van der Waals surface area contributed by atoms with Crippen molar-refractivity contribution in [2.75, 3.05) is 5.32 Å². The molecule has 0 spiro atoms. The van der Waals surface area contributed by atoms with E-state index in [0.29, 0.717) is 11.2 Å². The number of rotatable bonds is 3. The number of benzene rings is 1. The molecule has 7 nitrogen and oxygen atoms in total. The van der Waals surface area contributed by atoms with Crippen molar-refractivity contribution in [3.63, 3.8) is 0 Å². The van der Waals surface area contributed by atoms with Crippen LogP contribution in [-0.2, 0) is 0 Å². The minimum atomic E-state index is -0.606. The number of nitrogens with zero attached hydrogens (tertiary/aromatic N) is 2. The highest BCUT2D eigenvalue weighted by atomic mass is 35.5. The number of halogens is 1. The van der Waals surface area contributed by atoms with E-state index >= 15 is 0 Å². The number of H-pyrrole nitrogens is 1. The zero-order valence-electron chi connectivity index (χ0n) is 11.0. The van der Waals surface area contributed by atoms with Gasteiger partial charge < -0.3 is 10.3 Å². The van der Waals surface area contributed by atoms with Crippen LogP contribution in [0.2, 0.25) is 5.02 Å². The van der Waals surface area contributed by atoms with Gasteiger partial charge in [0, 0.05) is 18.0 Å². The first-order chi connectivity index (χ1) is 10.5. The van der Waals surface area contributed by atoms with Gasteiger partial charge in [0.05, 0.1) is 16.0 Å². The van der Waals surface area contributed by atoms with E-state index in [1.54, 1.807) is 24.4 Å². The predicted molar refractivity (Wildman–Crippen MR) is 82.2 cm³/mol. The molecule has 1 aromatic carbocycles. The molecule has 0 fully saturated rings. The standard InChI is InChI=1S/C14H9ClN4O3/c15-9-4-3-8(6-13(9)19(21)22)17-14(20)12-7-11-10(18-12)2-1-5-16-11/h1-7,18H,(H,17,20). The normalized spacial score (nSPS) is 10.6. The maximum Gasteiger partial charge on any atom is 0.289 e. The second-order valence-corrected chi connectivity index (χ2v) is 4.90. The van der Waals surface area contributed by atoms with E-state index in [1.807, 2.05) is 0 Å². The second kappa shape index (κ2) is 5.45. The Hall–Kier alpha value is -2.93. The van der Waals surface area contributed by atoms with E-state index in [9.17, 15) is 14.9 Å². The fourth-order valence-electron chi connectivity index (χ4n) is 2.01. The molecule has 0 saturated carbocycles. The Morgan fingerprint density at radius 3 is 2.86 bits per heavy atom. The maximum absolute atomic E-state index is 12.2. The number of hydrogen-bond donors (Lipinski definition) is 2. The molecule has 0 bridgehead atoms. The Morgan fingerprint density at radius 1 is 1.32 bits per heavy atom. The summed E-state index contributed by atoms with van der Waals surface area (Å²) >= 11 is 5.73. The van der Waals surface area contributed by atoms with Crippen LogP contribution in [0, 0.1) is 10.1 Å². The van der Waals surface area contributed by atoms with Crippen molar-refractivity contribution in [1.29, 1.82) is 0 Å². The molecule has 1 amide bonds. The Balaban J connectivity index is 1.87. The number of aromatic amines is 1. The highest BCUT2D eigenvalue weighted by molar-refractivity contribution is 6.32. The van der Waals surface area contributed by atoms with Crippen LogP contribution >= 0.6 is 11.6 Å². The molecule has 22 heavy (non-hydrogen) atoms. The third kappa shape index (κ3) is 2.61. The van der Waals surface area contributed by atoms with Gasteiger partial charge in [-0.1, -0.05) is 11.6 Å².